The molecule has 0 bridgehead atoms. The Balaban J connectivity index is 1.08. The Morgan fingerprint density at radius 1 is 0.956 bits per heavy atom. The lowest BCUT2D eigenvalue weighted by molar-refractivity contribution is -0.141. The highest BCUT2D eigenvalue weighted by atomic mass is 35.5. The fraction of sp³-hybridized carbons (Fsp3) is 0.312. The van der Waals surface area contributed by atoms with Gasteiger partial charge in [0.05, 0.1) is 18.3 Å². The molecule has 4 heterocycles. The minimum Gasteiger partial charge on any atom is -0.417 e. The first-order valence-corrected chi connectivity index (χ1v) is 14.9. The van der Waals surface area contributed by atoms with Crippen molar-refractivity contribution in [2.75, 3.05) is 54.4 Å². The van der Waals surface area contributed by atoms with Crippen molar-refractivity contribution in [1.29, 1.82) is 0 Å². The van der Waals surface area contributed by atoms with Crippen molar-refractivity contribution in [1.82, 2.24) is 14.9 Å². The van der Waals surface area contributed by atoms with Crippen LogP contribution in [0.3, 0.4) is 0 Å². The summed E-state index contributed by atoms with van der Waals surface area (Å²) in [7, 11) is 0. The van der Waals surface area contributed by atoms with E-state index in [1.807, 2.05) is 58.3 Å². The van der Waals surface area contributed by atoms with Crippen molar-refractivity contribution in [2.45, 2.75) is 24.9 Å². The molecule has 2 aromatic carbocycles. The number of halogens is 4. The Morgan fingerprint density at radius 2 is 1.73 bits per heavy atom. The standard InChI is InChI=1S/C32H30ClF3N6O3/c33-24-8-4-7-22(18-24)23-11-12-42(20-23)31-39-29(32(34,35)36)28(45-31)30(44)38-25-9-10-26(37-19-25)40-13-15-41(16-14-40)27(43)17-21-5-2-1-3-6-21/h1-10,18-19,23H,11-17,20H2,(H,38,44). The number of hydrogen-bond donors (Lipinski definition) is 1. The lowest BCUT2D eigenvalue weighted by Gasteiger charge is -2.35. The predicted molar refractivity (Wildman–Crippen MR) is 164 cm³/mol. The third kappa shape index (κ3) is 7.06. The van der Waals surface area contributed by atoms with E-state index >= 15 is 0 Å². The number of pyridine rings is 1. The smallest absolute Gasteiger partial charge is 0.417 e. The summed E-state index contributed by atoms with van der Waals surface area (Å²) < 4.78 is 47.2. The molecule has 9 nitrogen and oxygen atoms in total. The van der Waals surface area contributed by atoms with Gasteiger partial charge >= 0.3 is 6.18 Å². The Kier molecular flexibility index (Phi) is 8.66. The number of carbonyl (C=O) groups is 2. The van der Waals surface area contributed by atoms with Crippen molar-refractivity contribution in [3.05, 3.63) is 101 Å². The van der Waals surface area contributed by atoms with Crippen LogP contribution in [-0.2, 0) is 17.4 Å². The average molecular weight is 639 g/mol. The molecule has 0 radical (unpaired) electrons. The molecule has 45 heavy (non-hydrogen) atoms. The maximum absolute atomic E-state index is 13.9. The van der Waals surface area contributed by atoms with Crippen LogP contribution in [0.4, 0.5) is 30.7 Å². The topological polar surface area (TPSA) is 94.8 Å². The molecule has 234 valence electrons. The van der Waals surface area contributed by atoms with Crippen LogP contribution in [0.15, 0.2) is 77.3 Å². The Morgan fingerprint density at radius 3 is 2.42 bits per heavy atom. The normalized spacial score (nSPS) is 17.1. The summed E-state index contributed by atoms with van der Waals surface area (Å²) >= 11 is 6.11. The first-order valence-electron chi connectivity index (χ1n) is 14.6. The number of carbonyl (C=O) groups excluding carboxylic acids is 2. The van der Waals surface area contributed by atoms with Crippen molar-refractivity contribution >= 4 is 40.9 Å². The first kappa shape index (κ1) is 30.4. The summed E-state index contributed by atoms with van der Waals surface area (Å²) in [6.07, 6.45) is -2.51. The molecule has 2 fully saturated rings. The molecule has 6 rings (SSSR count). The maximum Gasteiger partial charge on any atom is 0.437 e. The fourth-order valence-corrected chi connectivity index (χ4v) is 5.86. The molecule has 2 aliphatic heterocycles. The molecule has 0 aliphatic carbocycles. The Bertz CT molecular complexity index is 1660. The highest BCUT2D eigenvalue weighted by molar-refractivity contribution is 6.30. The summed E-state index contributed by atoms with van der Waals surface area (Å²) in [5.74, 6) is -1.27. The third-order valence-corrected chi connectivity index (χ3v) is 8.26. The highest BCUT2D eigenvalue weighted by Crippen LogP contribution is 2.37. The van der Waals surface area contributed by atoms with Gasteiger partial charge < -0.3 is 24.4 Å². The quantitative estimate of drug-likeness (QED) is 0.270. The second-order valence-electron chi connectivity index (χ2n) is 11.0. The molecule has 0 spiro atoms. The summed E-state index contributed by atoms with van der Waals surface area (Å²) in [5, 5.41) is 3.03. The number of nitrogens with one attached hydrogen (secondary N) is 1. The van der Waals surface area contributed by atoms with Gasteiger partial charge in [0.15, 0.2) is 5.69 Å². The third-order valence-electron chi connectivity index (χ3n) is 8.03. The van der Waals surface area contributed by atoms with Gasteiger partial charge in [-0.25, -0.2) is 4.98 Å². The van der Waals surface area contributed by atoms with Crippen molar-refractivity contribution in [2.24, 2.45) is 0 Å². The zero-order chi connectivity index (χ0) is 31.6. The van der Waals surface area contributed by atoms with Crippen LogP contribution in [-0.4, -0.2) is 66.0 Å². The predicted octanol–water partition coefficient (Wildman–Crippen LogP) is 5.88. The number of nitrogens with zero attached hydrogens (tertiary/aromatic N) is 5. The molecular formula is C32H30ClF3N6O3. The van der Waals surface area contributed by atoms with Crippen molar-refractivity contribution in [3.63, 3.8) is 0 Å². The fourth-order valence-electron chi connectivity index (χ4n) is 5.66. The number of benzene rings is 2. The first-order chi connectivity index (χ1) is 21.6. The number of hydrogen-bond acceptors (Lipinski definition) is 7. The SMILES string of the molecule is O=C(Nc1ccc(N2CCN(C(=O)Cc3ccccc3)CC2)nc1)c1oc(N2CCC(c3cccc(Cl)c3)C2)nc1C(F)(F)F. The van der Waals surface area contributed by atoms with Gasteiger partial charge in [0.25, 0.3) is 11.9 Å². The number of oxazole rings is 1. The van der Waals surface area contributed by atoms with E-state index in [1.54, 1.807) is 23.1 Å². The number of anilines is 3. The number of aromatic nitrogens is 2. The van der Waals surface area contributed by atoms with Crippen LogP contribution in [0.1, 0.15) is 39.7 Å². The van der Waals surface area contributed by atoms with Crippen molar-refractivity contribution in [3.8, 4) is 0 Å². The summed E-state index contributed by atoms with van der Waals surface area (Å²) in [6.45, 7) is 3.01. The molecule has 2 saturated heterocycles. The number of amides is 2. The number of piperazine rings is 1. The largest absolute Gasteiger partial charge is 0.437 e. The molecular weight excluding hydrogens is 609 g/mol. The second kappa shape index (κ2) is 12.8. The highest BCUT2D eigenvalue weighted by Gasteiger charge is 2.42. The van der Waals surface area contributed by atoms with E-state index < -0.39 is 23.5 Å². The molecule has 2 amide bonds. The Labute approximate surface area is 262 Å². The summed E-state index contributed by atoms with van der Waals surface area (Å²) in [4.78, 5) is 39.2. The second-order valence-corrected chi connectivity index (χ2v) is 11.5. The molecule has 1 atom stereocenters. The van der Waals surface area contributed by atoms with Crippen LogP contribution in [0.25, 0.3) is 0 Å². The minimum absolute atomic E-state index is 0.0320. The lowest BCUT2D eigenvalue weighted by Crippen LogP contribution is -2.49. The summed E-state index contributed by atoms with van der Waals surface area (Å²) in [5.41, 5.74) is 0.755. The van der Waals surface area contributed by atoms with Gasteiger partial charge in [-0.15, -0.1) is 0 Å². The van der Waals surface area contributed by atoms with E-state index in [0.717, 1.165) is 11.1 Å². The van der Waals surface area contributed by atoms with Gasteiger partial charge in [0.2, 0.25) is 11.7 Å². The molecule has 4 aromatic rings. The van der Waals surface area contributed by atoms with Gasteiger partial charge in [-0.3, -0.25) is 9.59 Å². The summed E-state index contributed by atoms with van der Waals surface area (Å²) in [6, 6.07) is 19.9. The van der Waals surface area contributed by atoms with Crippen molar-refractivity contribution < 1.29 is 27.2 Å². The van der Waals surface area contributed by atoms with Crippen LogP contribution >= 0.6 is 11.6 Å². The molecule has 0 saturated carbocycles. The van der Waals surface area contributed by atoms with Gasteiger partial charge in [-0.2, -0.15) is 18.2 Å². The van der Waals surface area contributed by atoms with Gasteiger partial charge in [0, 0.05) is 50.2 Å². The average Bonchev–Trinajstić information content (AvgIpc) is 3.71. The van der Waals surface area contributed by atoms with Crippen LogP contribution < -0.4 is 15.1 Å². The monoisotopic (exact) mass is 638 g/mol. The maximum atomic E-state index is 13.9. The van der Waals surface area contributed by atoms with Crippen LogP contribution in [0.2, 0.25) is 5.02 Å². The minimum atomic E-state index is -4.90. The van der Waals surface area contributed by atoms with Gasteiger partial charge in [0.1, 0.15) is 5.82 Å². The molecule has 2 aliphatic rings. The van der Waals surface area contributed by atoms with E-state index in [0.29, 0.717) is 63.0 Å². The molecule has 2 aromatic heterocycles. The van der Waals surface area contributed by atoms with Crippen LogP contribution in [0, 0.1) is 0 Å². The van der Waals surface area contributed by atoms with Gasteiger partial charge in [-0.05, 0) is 41.8 Å². The van der Waals surface area contributed by atoms with E-state index in [4.69, 9.17) is 16.0 Å². The van der Waals surface area contributed by atoms with E-state index in [2.05, 4.69) is 15.3 Å². The zero-order valence-electron chi connectivity index (χ0n) is 24.1. The van der Waals surface area contributed by atoms with Crippen LogP contribution in [0.5, 0.6) is 0 Å². The van der Waals surface area contributed by atoms with E-state index in [9.17, 15) is 22.8 Å². The van der Waals surface area contributed by atoms with E-state index in [-0.39, 0.29) is 23.5 Å². The van der Waals surface area contributed by atoms with Gasteiger partial charge in [-0.1, -0.05) is 54.1 Å². The molecule has 1 N–H and O–H groups in total. The molecule has 13 heteroatoms. The number of rotatable bonds is 7. The molecule has 1 unspecified atom stereocenters. The lowest BCUT2D eigenvalue weighted by atomic mass is 9.99. The zero-order valence-corrected chi connectivity index (χ0v) is 24.9. The van der Waals surface area contributed by atoms with E-state index in [1.165, 1.54) is 6.20 Å². The number of alkyl halides is 3. The Hall–Kier alpha value is -4.58.